The molecule has 0 saturated carbocycles. The number of ether oxygens (including phenoxy) is 1. The molecule has 1 fully saturated rings. The summed E-state index contributed by atoms with van der Waals surface area (Å²) < 4.78 is 5.73. The minimum atomic E-state index is -0.492. The molecule has 0 radical (unpaired) electrons. The molecule has 0 spiro atoms. The number of nitrogens with zero attached hydrogens (tertiary/aromatic N) is 2. The van der Waals surface area contributed by atoms with Crippen LogP contribution in [0, 0.1) is 24.0 Å². The van der Waals surface area contributed by atoms with Gasteiger partial charge in [-0.3, -0.25) is 24.6 Å². The van der Waals surface area contributed by atoms with Gasteiger partial charge in [0.05, 0.1) is 16.4 Å². The summed E-state index contributed by atoms with van der Waals surface area (Å²) >= 11 is 0.848. The van der Waals surface area contributed by atoms with E-state index in [9.17, 15) is 19.7 Å². The summed E-state index contributed by atoms with van der Waals surface area (Å²) in [6, 6.07) is 11.6. The standard InChI is InChI=1S/C20H18N2O5S/c1-13-3-4-14(2)17(11-13)27-10-9-21-19(23)18(28-20(21)24)12-15-5-7-16(8-6-15)22(25)26/h3-8,11-12H,9-10H2,1-2H3/b18-12-. The number of rotatable bonds is 6. The lowest BCUT2D eigenvalue weighted by molar-refractivity contribution is -0.384. The first-order valence-electron chi connectivity index (χ1n) is 8.55. The number of nitro benzene ring substituents is 1. The maximum Gasteiger partial charge on any atom is 0.293 e. The Morgan fingerprint density at radius 2 is 1.86 bits per heavy atom. The first-order chi connectivity index (χ1) is 13.3. The zero-order valence-corrected chi connectivity index (χ0v) is 16.2. The second-order valence-corrected chi connectivity index (χ2v) is 7.29. The number of non-ortho nitro benzene ring substituents is 1. The smallest absolute Gasteiger partial charge is 0.293 e. The zero-order valence-electron chi connectivity index (χ0n) is 15.4. The second kappa shape index (κ2) is 8.26. The van der Waals surface area contributed by atoms with Gasteiger partial charge in [0.25, 0.3) is 16.8 Å². The van der Waals surface area contributed by atoms with Crippen molar-refractivity contribution in [2.75, 3.05) is 13.2 Å². The molecule has 1 heterocycles. The maximum atomic E-state index is 12.5. The van der Waals surface area contributed by atoms with E-state index in [1.54, 1.807) is 6.08 Å². The number of thioether (sulfide) groups is 1. The molecule has 8 heteroatoms. The Balaban J connectivity index is 1.64. The van der Waals surface area contributed by atoms with E-state index < -0.39 is 10.8 Å². The molecule has 0 aliphatic carbocycles. The molecule has 2 aromatic rings. The predicted octanol–water partition coefficient (Wildman–Crippen LogP) is 4.33. The van der Waals surface area contributed by atoms with Gasteiger partial charge in [-0.05, 0) is 66.6 Å². The van der Waals surface area contributed by atoms with Gasteiger partial charge in [-0.25, -0.2) is 0 Å². The highest BCUT2D eigenvalue weighted by atomic mass is 32.2. The van der Waals surface area contributed by atoms with Gasteiger partial charge in [-0.15, -0.1) is 0 Å². The van der Waals surface area contributed by atoms with Crippen LogP contribution in [0.3, 0.4) is 0 Å². The SMILES string of the molecule is Cc1ccc(C)c(OCCN2C(=O)S/C(=C\c3ccc([N+](=O)[O-])cc3)C2=O)c1. The largest absolute Gasteiger partial charge is 0.491 e. The maximum absolute atomic E-state index is 12.5. The average Bonchev–Trinajstić information content (AvgIpc) is 2.92. The molecule has 0 unspecified atom stereocenters. The molecule has 2 aromatic carbocycles. The van der Waals surface area contributed by atoms with Crippen LogP contribution in [0.5, 0.6) is 5.75 Å². The Morgan fingerprint density at radius 3 is 2.54 bits per heavy atom. The molecular weight excluding hydrogens is 380 g/mol. The number of hydrogen-bond donors (Lipinski definition) is 0. The van der Waals surface area contributed by atoms with Gasteiger partial charge < -0.3 is 4.74 Å². The van der Waals surface area contributed by atoms with Crippen molar-refractivity contribution in [1.29, 1.82) is 0 Å². The zero-order chi connectivity index (χ0) is 20.3. The topological polar surface area (TPSA) is 89.8 Å². The Bertz CT molecular complexity index is 969. The van der Waals surface area contributed by atoms with Crippen molar-refractivity contribution >= 4 is 34.7 Å². The van der Waals surface area contributed by atoms with E-state index in [1.807, 2.05) is 32.0 Å². The number of benzene rings is 2. The van der Waals surface area contributed by atoms with Gasteiger partial charge >= 0.3 is 0 Å². The lowest BCUT2D eigenvalue weighted by Crippen LogP contribution is -2.32. The van der Waals surface area contributed by atoms with Gasteiger partial charge in [0.2, 0.25) is 0 Å². The van der Waals surface area contributed by atoms with Gasteiger partial charge in [-0.2, -0.15) is 0 Å². The molecule has 2 amide bonds. The van der Waals surface area contributed by atoms with Gasteiger partial charge in [0, 0.05) is 12.1 Å². The van der Waals surface area contributed by atoms with E-state index in [4.69, 9.17) is 4.74 Å². The van der Waals surface area contributed by atoms with E-state index in [0.29, 0.717) is 5.56 Å². The van der Waals surface area contributed by atoms with E-state index in [1.165, 1.54) is 24.3 Å². The Kier molecular flexibility index (Phi) is 5.79. The fourth-order valence-corrected chi connectivity index (χ4v) is 3.51. The van der Waals surface area contributed by atoms with Crippen molar-refractivity contribution in [3.63, 3.8) is 0 Å². The molecule has 0 N–H and O–H groups in total. The molecule has 1 aliphatic rings. The van der Waals surface area contributed by atoms with E-state index in [-0.39, 0.29) is 29.0 Å². The van der Waals surface area contributed by atoms with Crippen LogP contribution in [0.4, 0.5) is 10.5 Å². The van der Waals surface area contributed by atoms with Crippen LogP contribution in [0.15, 0.2) is 47.4 Å². The highest BCUT2D eigenvalue weighted by Crippen LogP contribution is 2.32. The third-order valence-corrected chi connectivity index (χ3v) is 5.10. The summed E-state index contributed by atoms with van der Waals surface area (Å²) in [6.45, 7) is 4.25. The summed E-state index contributed by atoms with van der Waals surface area (Å²) in [4.78, 5) is 36.3. The number of amides is 2. The van der Waals surface area contributed by atoms with Crippen LogP contribution >= 0.6 is 11.8 Å². The van der Waals surface area contributed by atoms with Crippen LogP contribution in [0.2, 0.25) is 0 Å². The molecule has 0 atom stereocenters. The molecule has 28 heavy (non-hydrogen) atoms. The Labute approximate surface area is 166 Å². The molecule has 7 nitrogen and oxygen atoms in total. The average molecular weight is 398 g/mol. The third-order valence-electron chi connectivity index (χ3n) is 4.19. The number of carbonyl (C=O) groups excluding carboxylic acids is 2. The van der Waals surface area contributed by atoms with Gasteiger partial charge in [0.1, 0.15) is 12.4 Å². The van der Waals surface area contributed by atoms with Crippen LogP contribution < -0.4 is 4.74 Å². The normalized spacial score (nSPS) is 15.4. The highest BCUT2D eigenvalue weighted by Gasteiger charge is 2.34. The van der Waals surface area contributed by atoms with Crippen LogP contribution in [0.25, 0.3) is 6.08 Å². The van der Waals surface area contributed by atoms with Crippen molar-refractivity contribution < 1.29 is 19.2 Å². The lowest BCUT2D eigenvalue weighted by atomic mass is 10.1. The molecular formula is C20H18N2O5S. The summed E-state index contributed by atoms with van der Waals surface area (Å²) in [6.07, 6.45) is 1.56. The fourth-order valence-electron chi connectivity index (χ4n) is 2.65. The number of nitro groups is 1. The molecule has 0 bridgehead atoms. The summed E-state index contributed by atoms with van der Waals surface area (Å²) in [5.41, 5.74) is 2.63. The Hall–Kier alpha value is -3.13. The van der Waals surface area contributed by atoms with E-state index in [2.05, 4.69) is 0 Å². The number of carbonyl (C=O) groups is 2. The van der Waals surface area contributed by atoms with Crippen molar-refractivity contribution in [2.24, 2.45) is 0 Å². The second-order valence-electron chi connectivity index (χ2n) is 6.30. The van der Waals surface area contributed by atoms with Crippen molar-refractivity contribution in [3.8, 4) is 5.75 Å². The molecule has 1 saturated heterocycles. The number of aryl methyl sites for hydroxylation is 2. The van der Waals surface area contributed by atoms with Crippen molar-refractivity contribution in [2.45, 2.75) is 13.8 Å². The minimum absolute atomic E-state index is 0.0335. The minimum Gasteiger partial charge on any atom is -0.491 e. The molecule has 144 valence electrons. The fraction of sp³-hybridized carbons (Fsp3) is 0.200. The molecule has 1 aliphatic heterocycles. The quantitative estimate of drug-likeness (QED) is 0.409. The summed E-state index contributed by atoms with van der Waals surface area (Å²) in [5, 5.41) is 10.3. The lowest BCUT2D eigenvalue weighted by Gasteiger charge is -2.14. The third kappa shape index (κ3) is 4.40. The molecule has 0 aromatic heterocycles. The van der Waals surface area contributed by atoms with E-state index in [0.717, 1.165) is 33.5 Å². The Morgan fingerprint density at radius 1 is 1.14 bits per heavy atom. The van der Waals surface area contributed by atoms with E-state index >= 15 is 0 Å². The number of imide groups is 1. The monoisotopic (exact) mass is 398 g/mol. The summed E-state index contributed by atoms with van der Waals surface area (Å²) in [7, 11) is 0. The van der Waals surface area contributed by atoms with Crippen molar-refractivity contribution in [3.05, 3.63) is 74.2 Å². The van der Waals surface area contributed by atoms with Gasteiger partial charge in [0.15, 0.2) is 0 Å². The predicted molar refractivity (Wildman–Crippen MR) is 107 cm³/mol. The first kappa shape index (κ1) is 19.6. The van der Waals surface area contributed by atoms with Gasteiger partial charge in [-0.1, -0.05) is 12.1 Å². The summed E-state index contributed by atoms with van der Waals surface area (Å²) in [5.74, 6) is 0.339. The van der Waals surface area contributed by atoms with Crippen LogP contribution in [0.1, 0.15) is 16.7 Å². The van der Waals surface area contributed by atoms with Crippen LogP contribution in [-0.4, -0.2) is 34.1 Å². The first-order valence-corrected chi connectivity index (χ1v) is 9.36. The molecule has 3 rings (SSSR count). The number of hydrogen-bond acceptors (Lipinski definition) is 6. The van der Waals surface area contributed by atoms with Crippen molar-refractivity contribution in [1.82, 2.24) is 4.90 Å². The van der Waals surface area contributed by atoms with Crippen LogP contribution in [-0.2, 0) is 4.79 Å². The highest BCUT2D eigenvalue weighted by molar-refractivity contribution is 8.18.